The van der Waals surface area contributed by atoms with Gasteiger partial charge >= 0.3 is 5.69 Å². The first-order chi connectivity index (χ1) is 8.24. The number of nitrogens with zero attached hydrogens (tertiary/aromatic N) is 1. The van der Waals surface area contributed by atoms with Gasteiger partial charge in [0.1, 0.15) is 5.82 Å². The molecule has 0 spiro atoms. The summed E-state index contributed by atoms with van der Waals surface area (Å²) in [6.07, 6.45) is 0.903. The second kappa shape index (κ2) is 4.14. The molecule has 1 aromatic carbocycles. The Kier molecular flexibility index (Phi) is 2.62. The summed E-state index contributed by atoms with van der Waals surface area (Å²) in [6.45, 7) is 0.844. The number of hydrogen-bond donors (Lipinski definition) is 2. The van der Waals surface area contributed by atoms with Crippen molar-refractivity contribution in [2.75, 3.05) is 11.9 Å². The number of rotatable bonds is 1. The van der Waals surface area contributed by atoms with E-state index in [0.717, 1.165) is 35.6 Å². The molecule has 0 bridgehead atoms. The molecule has 0 radical (unpaired) electrons. The lowest BCUT2D eigenvalue weighted by Crippen LogP contribution is -2.13. The number of anilines is 1. The number of H-pyrrole nitrogens is 1. The SMILES string of the molecule is O=c1nc2c(c(-c3ccc(I)cc3)[nH]1)CCN2. The maximum atomic E-state index is 11.5. The second-order valence-corrected chi connectivity index (χ2v) is 5.17. The molecule has 3 rings (SSSR count). The Bertz CT molecular complexity index is 619. The van der Waals surface area contributed by atoms with E-state index in [2.05, 4.69) is 37.9 Å². The Balaban J connectivity index is 2.21. The summed E-state index contributed by atoms with van der Waals surface area (Å²) >= 11 is 2.26. The number of fused-ring (bicyclic) bond motifs is 1. The van der Waals surface area contributed by atoms with Crippen molar-refractivity contribution < 1.29 is 0 Å². The van der Waals surface area contributed by atoms with Crippen molar-refractivity contribution in [2.45, 2.75) is 6.42 Å². The van der Waals surface area contributed by atoms with Gasteiger partial charge in [-0.2, -0.15) is 4.98 Å². The lowest BCUT2D eigenvalue weighted by atomic mass is 10.1. The van der Waals surface area contributed by atoms with Crippen LogP contribution in [-0.2, 0) is 6.42 Å². The quantitative estimate of drug-likeness (QED) is 0.782. The first-order valence-corrected chi connectivity index (χ1v) is 6.45. The average molecular weight is 339 g/mol. The topological polar surface area (TPSA) is 57.8 Å². The number of aromatic nitrogens is 2. The molecular formula is C12H10IN3O. The van der Waals surface area contributed by atoms with Gasteiger partial charge in [-0.25, -0.2) is 4.79 Å². The first-order valence-electron chi connectivity index (χ1n) is 5.37. The number of aromatic amines is 1. The number of nitrogens with one attached hydrogen (secondary N) is 2. The molecule has 0 atom stereocenters. The summed E-state index contributed by atoms with van der Waals surface area (Å²) in [5.41, 5.74) is 2.73. The molecular weight excluding hydrogens is 329 g/mol. The van der Waals surface area contributed by atoms with Crippen molar-refractivity contribution in [2.24, 2.45) is 0 Å². The van der Waals surface area contributed by atoms with Crippen LogP contribution in [0, 0.1) is 3.57 Å². The molecule has 17 heavy (non-hydrogen) atoms. The Hall–Kier alpha value is -1.37. The van der Waals surface area contributed by atoms with Gasteiger partial charge in [0.25, 0.3) is 0 Å². The van der Waals surface area contributed by atoms with Gasteiger partial charge in [-0.15, -0.1) is 0 Å². The Morgan fingerprint density at radius 3 is 2.76 bits per heavy atom. The van der Waals surface area contributed by atoms with Crippen LogP contribution in [0.2, 0.25) is 0 Å². The predicted octanol–water partition coefficient (Wildman–Crippen LogP) is 2.01. The zero-order valence-corrected chi connectivity index (χ0v) is 11.1. The molecule has 2 N–H and O–H groups in total. The third-order valence-electron chi connectivity index (χ3n) is 2.83. The lowest BCUT2D eigenvalue weighted by Gasteiger charge is -2.06. The van der Waals surface area contributed by atoms with E-state index in [1.165, 1.54) is 3.57 Å². The van der Waals surface area contributed by atoms with E-state index in [4.69, 9.17) is 0 Å². The van der Waals surface area contributed by atoms with E-state index in [9.17, 15) is 4.79 Å². The Morgan fingerprint density at radius 2 is 2.00 bits per heavy atom. The highest BCUT2D eigenvalue weighted by molar-refractivity contribution is 14.1. The molecule has 1 aliphatic heterocycles. The van der Waals surface area contributed by atoms with E-state index < -0.39 is 0 Å². The van der Waals surface area contributed by atoms with Gasteiger partial charge in [0.2, 0.25) is 0 Å². The van der Waals surface area contributed by atoms with Crippen molar-refractivity contribution in [1.82, 2.24) is 9.97 Å². The van der Waals surface area contributed by atoms with Crippen molar-refractivity contribution in [3.63, 3.8) is 0 Å². The highest BCUT2D eigenvalue weighted by Gasteiger charge is 2.18. The smallest absolute Gasteiger partial charge is 0.347 e. The van der Waals surface area contributed by atoms with Crippen LogP contribution in [0.5, 0.6) is 0 Å². The number of hydrogen-bond acceptors (Lipinski definition) is 3. The molecule has 0 saturated heterocycles. The van der Waals surface area contributed by atoms with Crippen molar-refractivity contribution >= 4 is 28.4 Å². The normalized spacial score (nSPS) is 13.2. The van der Waals surface area contributed by atoms with E-state index >= 15 is 0 Å². The van der Waals surface area contributed by atoms with Crippen molar-refractivity contribution in [3.05, 3.63) is 43.9 Å². The third-order valence-corrected chi connectivity index (χ3v) is 3.55. The van der Waals surface area contributed by atoms with Gasteiger partial charge in [-0.1, -0.05) is 12.1 Å². The van der Waals surface area contributed by atoms with E-state index in [0.29, 0.717) is 0 Å². The van der Waals surface area contributed by atoms with Crippen LogP contribution in [-0.4, -0.2) is 16.5 Å². The fourth-order valence-electron chi connectivity index (χ4n) is 2.06. The molecule has 0 saturated carbocycles. The highest BCUT2D eigenvalue weighted by atomic mass is 127. The molecule has 0 fully saturated rings. The van der Waals surface area contributed by atoms with Crippen LogP contribution in [0.4, 0.5) is 5.82 Å². The molecule has 5 heteroatoms. The van der Waals surface area contributed by atoms with E-state index in [1.807, 2.05) is 24.3 Å². The van der Waals surface area contributed by atoms with Gasteiger partial charge in [0.15, 0.2) is 0 Å². The van der Waals surface area contributed by atoms with Crippen LogP contribution in [0.25, 0.3) is 11.3 Å². The molecule has 0 amide bonds. The summed E-state index contributed by atoms with van der Waals surface area (Å²) < 4.78 is 1.18. The van der Waals surface area contributed by atoms with Gasteiger partial charge in [-0.05, 0) is 46.7 Å². The zero-order chi connectivity index (χ0) is 11.8. The fraction of sp³-hybridized carbons (Fsp3) is 0.167. The largest absolute Gasteiger partial charge is 0.369 e. The predicted molar refractivity (Wildman–Crippen MR) is 75.2 cm³/mol. The van der Waals surface area contributed by atoms with Crippen LogP contribution in [0.15, 0.2) is 29.1 Å². The molecule has 0 unspecified atom stereocenters. The zero-order valence-electron chi connectivity index (χ0n) is 8.96. The maximum Gasteiger partial charge on any atom is 0.347 e. The van der Waals surface area contributed by atoms with Crippen LogP contribution < -0.4 is 11.0 Å². The number of halogens is 1. The third kappa shape index (κ3) is 1.95. The van der Waals surface area contributed by atoms with Gasteiger partial charge in [-0.3, -0.25) is 0 Å². The van der Waals surface area contributed by atoms with Crippen LogP contribution >= 0.6 is 22.6 Å². The number of benzene rings is 1. The first kappa shape index (κ1) is 10.8. The molecule has 2 aromatic rings. The minimum absolute atomic E-state index is 0.299. The molecule has 0 aliphatic carbocycles. The van der Waals surface area contributed by atoms with E-state index in [-0.39, 0.29) is 5.69 Å². The molecule has 1 aromatic heterocycles. The summed E-state index contributed by atoms with van der Waals surface area (Å²) in [6, 6.07) is 8.10. The van der Waals surface area contributed by atoms with Gasteiger partial charge in [0, 0.05) is 15.7 Å². The minimum atomic E-state index is -0.299. The van der Waals surface area contributed by atoms with Crippen molar-refractivity contribution in [1.29, 1.82) is 0 Å². The highest BCUT2D eigenvalue weighted by Crippen LogP contribution is 2.28. The summed E-state index contributed by atoms with van der Waals surface area (Å²) in [5.74, 6) is 0.724. The van der Waals surface area contributed by atoms with Gasteiger partial charge < -0.3 is 10.3 Å². The summed E-state index contributed by atoms with van der Waals surface area (Å²) in [5, 5.41) is 3.13. The van der Waals surface area contributed by atoms with Crippen LogP contribution in [0.1, 0.15) is 5.56 Å². The Morgan fingerprint density at radius 1 is 1.24 bits per heavy atom. The standard InChI is InChI=1S/C12H10IN3O/c13-8-3-1-7(2-4-8)10-9-5-6-14-11(9)16-12(17)15-10/h1-4H,5-6H2,(H2,14,15,16,17). The fourth-order valence-corrected chi connectivity index (χ4v) is 2.42. The molecule has 1 aliphatic rings. The van der Waals surface area contributed by atoms with Gasteiger partial charge in [0.05, 0.1) is 5.69 Å². The monoisotopic (exact) mass is 339 g/mol. The summed E-state index contributed by atoms with van der Waals surface area (Å²) in [4.78, 5) is 18.3. The lowest BCUT2D eigenvalue weighted by molar-refractivity contribution is 1.06. The molecule has 4 nitrogen and oxygen atoms in total. The summed E-state index contributed by atoms with van der Waals surface area (Å²) in [7, 11) is 0. The van der Waals surface area contributed by atoms with Crippen molar-refractivity contribution in [3.8, 4) is 11.3 Å². The Labute approximate surface area is 112 Å². The van der Waals surface area contributed by atoms with E-state index in [1.54, 1.807) is 0 Å². The average Bonchev–Trinajstić information content (AvgIpc) is 2.77. The minimum Gasteiger partial charge on any atom is -0.369 e. The molecule has 2 heterocycles. The second-order valence-electron chi connectivity index (χ2n) is 3.93. The molecule has 86 valence electrons. The maximum absolute atomic E-state index is 11.5. The van der Waals surface area contributed by atoms with Crippen LogP contribution in [0.3, 0.4) is 0 Å².